The number of nitrogens with one attached hydrogen (secondary N) is 1. The SMILES string of the molecule is C=CCc1cc(CC=C)c2ccc(=O)[nH]c2c1. The highest BCUT2D eigenvalue weighted by molar-refractivity contribution is 5.83. The number of aromatic nitrogens is 1. The van der Waals surface area contributed by atoms with Crippen LogP contribution in [0, 0.1) is 0 Å². The molecule has 2 rings (SSSR count). The van der Waals surface area contributed by atoms with Crippen LogP contribution in [-0.2, 0) is 12.8 Å². The molecule has 0 aliphatic carbocycles. The Morgan fingerprint density at radius 2 is 1.88 bits per heavy atom. The summed E-state index contributed by atoms with van der Waals surface area (Å²) in [5, 5.41) is 1.08. The topological polar surface area (TPSA) is 32.9 Å². The highest BCUT2D eigenvalue weighted by Crippen LogP contribution is 2.19. The predicted octanol–water partition coefficient (Wildman–Crippen LogP) is 2.99. The second-order valence-electron chi connectivity index (χ2n) is 4.02. The highest BCUT2D eigenvalue weighted by atomic mass is 16.1. The fourth-order valence-corrected chi connectivity index (χ4v) is 2.02. The van der Waals surface area contributed by atoms with E-state index < -0.39 is 0 Å². The van der Waals surface area contributed by atoms with Crippen LogP contribution < -0.4 is 5.56 Å². The van der Waals surface area contributed by atoms with Crippen LogP contribution in [0.15, 0.2) is 54.4 Å². The molecule has 86 valence electrons. The van der Waals surface area contributed by atoms with Gasteiger partial charge >= 0.3 is 0 Å². The third kappa shape index (κ3) is 2.36. The molecule has 1 heterocycles. The molecular weight excluding hydrogens is 210 g/mol. The average molecular weight is 225 g/mol. The van der Waals surface area contributed by atoms with E-state index >= 15 is 0 Å². The summed E-state index contributed by atoms with van der Waals surface area (Å²) in [7, 11) is 0. The van der Waals surface area contributed by atoms with Gasteiger partial charge in [-0.25, -0.2) is 0 Å². The Morgan fingerprint density at radius 3 is 2.59 bits per heavy atom. The second-order valence-corrected chi connectivity index (χ2v) is 4.02. The number of hydrogen-bond acceptors (Lipinski definition) is 1. The number of aromatic amines is 1. The monoisotopic (exact) mass is 225 g/mol. The van der Waals surface area contributed by atoms with E-state index in [1.807, 2.05) is 24.3 Å². The lowest BCUT2D eigenvalue weighted by Crippen LogP contribution is -2.04. The van der Waals surface area contributed by atoms with E-state index in [4.69, 9.17) is 0 Å². The Labute approximate surface area is 100 Å². The van der Waals surface area contributed by atoms with Crippen LogP contribution in [0.25, 0.3) is 10.9 Å². The summed E-state index contributed by atoms with van der Waals surface area (Å²) < 4.78 is 0. The molecular formula is C15H15NO. The van der Waals surface area contributed by atoms with Crippen molar-refractivity contribution in [2.75, 3.05) is 0 Å². The van der Waals surface area contributed by atoms with Crippen molar-refractivity contribution < 1.29 is 0 Å². The Kier molecular flexibility index (Phi) is 3.24. The Morgan fingerprint density at radius 1 is 1.12 bits per heavy atom. The van der Waals surface area contributed by atoms with Gasteiger partial charge in [0.15, 0.2) is 0 Å². The Bertz CT molecular complexity index is 622. The number of H-pyrrole nitrogens is 1. The third-order valence-electron chi connectivity index (χ3n) is 2.73. The molecule has 0 aliphatic heterocycles. The molecule has 0 saturated carbocycles. The minimum absolute atomic E-state index is 0.0715. The number of pyridine rings is 1. The minimum Gasteiger partial charge on any atom is -0.322 e. The summed E-state index contributed by atoms with van der Waals surface area (Å²) in [5.74, 6) is 0. The molecule has 0 spiro atoms. The first kappa shape index (κ1) is 11.4. The molecule has 1 aromatic carbocycles. The van der Waals surface area contributed by atoms with Gasteiger partial charge in [-0.2, -0.15) is 0 Å². The molecule has 2 aromatic rings. The summed E-state index contributed by atoms with van der Waals surface area (Å²) >= 11 is 0. The molecule has 0 bridgehead atoms. The zero-order valence-corrected chi connectivity index (χ0v) is 9.70. The van der Waals surface area contributed by atoms with E-state index in [-0.39, 0.29) is 5.56 Å². The van der Waals surface area contributed by atoms with Crippen molar-refractivity contribution in [3.8, 4) is 0 Å². The molecule has 1 aromatic heterocycles. The summed E-state index contributed by atoms with van der Waals surface area (Å²) in [6.45, 7) is 7.50. The van der Waals surface area contributed by atoms with Gasteiger partial charge in [-0.15, -0.1) is 13.2 Å². The van der Waals surface area contributed by atoms with E-state index in [0.29, 0.717) is 0 Å². The summed E-state index contributed by atoms with van der Waals surface area (Å²) in [6.07, 6.45) is 5.34. The molecule has 0 atom stereocenters. The smallest absolute Gasteiger partial charge is 0.248 e. The van der Waals surface area contributed by atoms with Crippen LogP contribution in [0.3, 0.4) is 0 Å². The quantitative estimate of drug-likeness (QED) is 0.797. The fourth-order valence-electron chi connectivity index (χ4n) is 2.02. The molecule has 0 amide bonds. The molecule has 2 nitrogen and oxygen atoms in total. The van der Waals surface area contributed by atoms with Crippen LogP contribution in [-0.4, -0.2) is 4.98 Å². The zero-order chi connectivity index (χ0) is 12.3. The van der Waals surface area contributed by atoms with Crippen LogP contribution in [0.4, 0.5) is 0 Å². The van der Waals surface area contributed by atoms with Crippen molar-refractivity contribution in [3.05, 3.63) is 71.1 Å². The van der Waals surface area contributed by atoms with Crippen LogP contribution in [0.5, 0.6) is 0 Å². The first-order chi connectivity index (χ1) is 8.24. The number of hydrogen-bond donors (Lipinski definition) is 1. The predicted molar refractivity (Wildman–Crippen MR) is 72.4 cm³/mol. The standard InChI is InChI=1S/C15H15NO/c1-3-5-11-9-12(6-4-2)13-7-8-15(17)16-14(13)10-11/h3-4,7-10H,1-2,5-6H2,(H,16,17). The highest BCUT2D eigenvalue weighted by Gasteiger charge is 2.03. The molecule has 0 radical (unpaired) electrons. The molecule has 17 heavy (non-hydrogen) atoms. The maximum Gasteiger partial charge on any atom is 0.248 e. The normalized spacial score (nSPS) is 10.4. The van der Waals surface area contributed by atoms with Crippen molar-refractivity contribution >= 4 is 10.9 Å². The van der Waals surface area contributed by atoms with Gasteiger partial charge in [0.2, 0.25) is 5.56 Å². The fraction of sp³-hybridized carbons (Fsp3) is 0.133. The van der Waals surface area contributed by atoms with Gasteiger partial charge in [0.05, 0.1) is 0 Å². The summed E-state index contributed by atoms with van der Waals surface area (Å²) in [6, 6.07) is 7.57. The van der Waals surface area contributed by atoms with Crippen molar-refractivity contribution in [3.63, 3.8) is 0 Å². The van der Waals surface area contributed by atoms with Gasteiger partial charge < -0.3 is 4.98 Å². The van der Waals surface area contributed by atoms with Crippen LogP contribution in [0.2, 0.25) is 0 Å². The lowest BCUT2D eigenvalue weighted by atomic mass is 10.0. The van der Waals surface area contributed by atoms with E-state index in [1.165, 1.54) is 5.56 Å². The van der Waals surface area contributed by atoms with Crippen LogP contribution in [0.1, 0.15) is 11.1 Å². The first-order valence-electron chi connectivity index (χ1n) is 5.61. The molecule has 0 fully saturated rings. The number of fused-ring (bicyclic) bond motifs is 1. The van der Waals surface area contributed by atoms with E-state index in [9.17, 15) is 4.79 Å². The van der Waals surface area contributed by atoms with Gasteiger partial charge in [-0.1, -0.05) is 18.2 Å². The lowest BCUT2D eigenvalue weighted by Gasteiger charge is -2.07. The average Bonchev–Trinajstić information content (AvgIpc) is 2.29. The van der Waals surface area contributed by atoms with E-state index in [2.05, 4.69) is 24.2 Å². The first-order valence-corrected chi connectivity index (χ1v) is 5.61. The van der Waals surface area contributed by atoms with Gasteiger partial charge in [0.25, 0.3) is 0 Å². The van der Waals surface area contributed by atoms with Crippen molar-refractivity contribution in [2.45, 2.75) is 12.8 Å². The lowest BCUT2D eigenvalue weighted by molar-refractivity contribution is 1.21. The molecule has 0 saturated heterocycles. The van der Waals surface area contributed by atoms with E-state index in [0.717, 1.165) is 29.3 Å². The maximum absolute atomic E-state index is 11.3. The van der Waals surface area contributed by atoms with Gasteiger partial charge in [0.1, 0.15) is 0 Å². The number of allylic oxidation sites excluding steroid dienone is 2. The van der Waals surface area contributed by atoms with Gasteiger partial charge in [0, 0.05) is 17.0 Å². The zero-order valence-electron chi connectivity index (χ0n) is 9.70. The Balaban J connectivity index is 2.70. The molecule has 2 heteroatoms. The summed E-state index contributed by atoms with van der Waals surface area (Å²) in [5.41, 5.74) is 3.16. The van der Waals surface area contributed by atoms with Gasteiger partial charge in [-0.05, 0) is 36.1 Å². The second kappa shape index (κ2) is 4.83. The molecule has 1 N–H and O–H groups in total. The summed E-state index contributed by atoms with van der Waals surface area (Å²) in [4.78, 5) is 14.2. The van der Waals surface area contributed by atoms with E-state index in [1.54, 1.807) is 6.07 Å². The van der Waals surface area contributed by atoms with Crippen LogP contribution >= 0.6 is 0 Å². The van der Waals surface area contributed by atoms with Crippen molar-refractivity contribution in [2.24, 2.45) is 0 Å². The largest absolute Gasteiger partial charge is 0.322 e. The molecule has 0 unspecified atom stereocenters. The maximum atomic E-state index is 11.3. The van der Waals surface area contributed by atoms with Crippen molar-refractivity contribution in [1.82, 2.24) is 4.98 Å². The Hall–Kier alpha value is -2.09. The third-order valence-corrected chi connectivity index (χ3v) is 2.73. The minimum atomic E-state index is -0.0715. The van der Waals surface area contributed by atoms with Gasteiger partial charge in [-0.3, -0.25) is 4.79 Å². The number of benzene rings is 1. The number of rotatable bonds is 4. The van der Waals surface area contributed by atoms with Crippen molar-refractivity contribution in [1.29, 1.82) is 0 Å². The molecule has 0 aliphatic rings.